The van der Waals surface area contributed by atoms with Crippen LogP contribution in [-0.2, 0) is 6.54 Å². The van der Waals surface area contributed by atoms with Crippen LogP contribution in [0.5, 0.6) is 11.5 Å². The molecule has 1 aliphatic carbocycles. The van der Waals surface area contributed by atoms with Gasteiger partial charge in [0, 0.05) is 44.2 Å². The summed E-state index contributed by atoms with van der Waals surface area (Å²) >= 11 is 12.6. The van der Waals surface area contributed by atoms with Crippen molar-refractivity contribution >= 4 is 39.8 Å². The number of nitrogens with two attached hydrogens (primary N) is 2. The van der Waals surface area contributed by atoms with Gasteiger partial charge in [-0.2, -0.15) is 0 Å². The Bertz CT molecular complexity index is 1170. The normalized spacial score (nSPS) is 11.3. The highest BCUT2D eigenvalue weighted by Crippen LogP contribution is 2.47. The molecule has 0 spiro atoms. The van der Waals surface area contributed by atoms with Crippen LogP contribution in [0.4, 0.5) is 5.82 Å². The number of fused-ring (bicyclic) bond motifs is 3. The number of hydrogen-bond donors (Lipinski definition) is 3. The molecule has 0 aromatic heterocycles. The van der Waals surface area contributed by atoms with Crippen molar-refractivity contribution in [3.8, 4) is 33.9 Å². The molecule has 1 aliphatic heterocycles. The third-order valence-electron chi connectivity index (χ3n) is 4.95. The number of ether oxygens (including phenoxy) is 2. The minimum atomic E-state index is 0.265. The maximum atomic E-state index is 6.52. The molecule has 1 heterocycles. The summed E-state index contributed by atoms with van der Waals surface area (Å²) in [5.74, 6) is 1.80. The number of nitrogen functional groups attached to an aromatic ring is 1. The zero-order chi connectivity index (χ0) is 20.0. The van der Waals surface area contributed by atoms with Gasteiger partial charge in [0.05, 0.1) is 19.9 Å². The molecule has 7 heteroatoms. The monoisotopic (exact) mass is 415 g/mol. The molecule has 4 rings (SSSR count). The Labute approximate surface area is 172 Å². The lowest BCUT2D eigenvalue weighted by Crippen LogP contribution is -2.08. The molecule has 0 radical (unpaired) electrons. The molecule has 0 atom stereocenters. The number of nitrogens with one attached hydrogen (secondary N) is 1. The Kier molecular flexibility index (Phi) is 4.75. The predicted octanol–water partition coefficient (Wildman–Crippen LogP) is 5.30. The van der Waals surface area contributed by atoms with Crippen LogP contribution >= 0.6 is 23.2 Å². The first-order valence-corrected chi connectivity index (χ1v) is 9.38. The van der Waals surface area contributed by atoms with Crippen LogP contribution in [0.15, 0.2) is 36.4 Å². The lowest BCUT2D eigenvalue weighted by Gasteiger charge is -2.18. The molecule has 0 unspecified atom stereocenters. The highest BCUT2D eigenvalue weighted by atomic mass is 35.5. The van der Waals surface area contributed by atoms with Gasteiger partial charge in [0.1, 0.15) is 5.82 Å². The first-order valence-electron chi connectivity index (χ1n) is 8.62. The van der Waals surface area contributed by atoms with Gasteiger partial charge in [-0.25, -0.2) is 0 Å². The third kappa shape index (κ3) is 2.83. The number of rotatable bonds is 4. The predicted molar refractivity (Wildman–Crippen MR) is 116 cm³/mol. The van der Waals surface area contributed by atoms with Crippen LogP contribution in [-0.4, -0.2) is 19.2 Å². The fraction of sp³-hybridized carbons (Fsp3) is 0.143. The van der Waals surface area contributed by atoms with E-state index in [1.54, 1.807) is 26.4 Å². The van der Waals surface area contributed by atoms with E-state index < -0.39 is 0 Å². The Morgan fingerprint density at radius 2 is 1.68 bits per heavy atom. The third-order valence-corrected chi connectivity index (χ3v) is 5.50. The van der Waals surface area contributed by atoms with Gasteiger partial charge in [-0.15, -0.1) is 0 Å². The lowest BCUT2D eigenvalue weighted by molar-refractivity contribution is 0.356. The van der Waals surface area contributed by atoms with Gasteiger partial charge in [0.2, 0.25) is 0 Å². The number of halogens is 2. The summed E-state index contributed by atoms with van der Waals surface area (Å²) in [6.07, 6.45) is 0. The van der Waals surface area contributed by atoms with E-state index in [0.29, 0.717) is 27.4 Å². The summed E-state index contributed by atoms with van der Waals surface area (Å²) in [6, 6.07) is 11.3. The van der Waals surface area contributed by atoms with E-state index in [2.05, 4.69) is 11.1 Å². The van der Waals surface area contributed by atoms with E-state index in [0.717, 1.165) is 38.7 Å². The zero-order valence-electron chi connectivity index (χ0n) is 15.4. The summed E-state index contributed by atoms with van der Waals surface area (Å²) in [7, 11) is 3.22. The van der Waals surface area contributed by atoms with Crippen molar-refractivity contribution in [2.24, 2.45) is 5.73 Å². The van der Waals surface area contributed by atoms with Crippen LogP contribution in [0, 0.1) is 0 Å². The van der Waals surface area contributed by atoms with Gasteiger partial charge < -0.3 is 25.9 Å². The first kappa shape index (κ1) is 18.7. The highest BCUT2D eigenvalue weighted by Gasteiger charge is 2.23. The quantitative estimate of drug-likeness (QED) is 0.421. The highest BCUT2D eigenvalue weighted by molar-refractivity contribution is 6.36. The molecule has 0 saturated carbocycles. The van der Waals surface area contributed by atoms with E-state index in [-0.39, 0.29) is 6.54 Å². The number of anilines is 1. The van der Waals surface area contributed by atoms with Crippen molar-refractivity contribution in [2.75, 3.05) is 20.0 Å². The molecular weight excluding hydrogens is 397 g/mol. The van der Waals surface area contributed by atoms with Crippen molar-refractivity contribution in [3.05, 3.63) is 52.0 Å². The summed E-state index contributed by atoms with van der Waals surface area (Å²) in [4.78, 5) is 3.29. The lowest BCUT2D eigenvalue weighted by atomic mass is 9.94. The molecule has 0 fully saturated rings. The standard InChI is InChI=1S/C21H19Cl2N3O2/c1-27-17-6-10-5-14-19(12-4-3-11(22)7-16(12)23)15(9-24)21(25)26-20(14)13(10)8-18(17)28-2/h3-8,26H,9,24-25H2,1-2H3. The van der Waals surface area contributed by atoms with Crippen molar-refractivity contribution in [3.63, 3.8) is 0 Å². The van der Waals surface area contributed by atoms with Crippen molar-refractivity contribution in [1.82, 2.24) is 4.98 Å². The molecule has 2 aromatic rings. The van der Waals surface area contributed by atoms with Crippen LogP contribution in [0.3, 0.4) is 0 Å². The van der Waals surface area contributed by atoms with E-state index in [1.807, 2.05) is 18.2 Å². The maximum absolute atomic E-state index is 6.52. The minimum absolute atomic E-state index is 0.265. The van der Waals surface area contributed by atoms with Gasteiger partial charge in [-0.05, 0) is 35.7 Å². The number of pyridine rings is 1. The van der Waals surface area contributed by atoms with Gasteiger partial charge in [-0.3, -0.25) is 0 Å². The van der Waals surface area contributed by atoms with Gasteiger partial charge in [-0.1, -0.05) is 29.3 Å². The zero-order valence-corrected chi connectivity index (χ0v) is 16.9. The average molecular weight is 416 g/mol. The van der Waals surface area contributed by atoms with E-state index in [4.69, 9.17) is 44.1 Å². The SMILES string of the molecule is COc1cc2cc3c(-c4ccc(Cl)cc4Cl)c(CN)c(N)[nH]c-3c2cc1OC. The van der Waals surface area contributed by atoms with Crippen molar-refractivity contribution < 1.29 is 9.47 Å². The molecule has 5 nitrogen and oxygen atoms in total. The van der Waals surface area contributed by atoms with E-state index in [9.17, 15) is 0 Å². The Morgan fingerprint density at radius 1 is 0.964 bits per heavy atom. The number of benzene rings is 2. The minimum Gasteiger partial charge on any atom is -0.493 e. The van der Waals surface area contributed by atoms with Crippen molar-refractivity contribution in [1.29, 1.82) is 0 Å². The molecule has 2 aromatic carbocycles. The topological polar surface area (TPSA) is 86.3 Å². The van der Waals surface area contributed by atoms with Gasteiger partial charge >= 0.3 is 0 Å². The molecule has 28 heavy (non-hydrogen) atoms. The molecule has 2 aliphatic rings. The fourth-order valence-corrected chi connectivity index (χ4v) is 4.16. The molecular formula is C21H19Cl2N3O2. The fourth-order valence-electron chi connectivity index (χ4n) is 3.65. The Hall–Kier alpha value is -2.60. The summed E-state index contributed by atoms with van der Waals surface area (Å²) in [6.45, 7) is 0.265. The summed E-state index contributed by atoms with van der Waals surface area (Å²) in [5.41, 5.74) is 16.7. The first-order chi connectivity index (χ1) is 13.5. The number of aromatic amines is 1. The molecule has 0 amide bonds. The molecule has 5 N–H and O–H groups in total. The number of hydrogen-bond acceptors (Lipinski definition) is 4. The molecule has 0 bridgehead atoms. The van der Waals surface area contributed by atoms with Crippen LogP contribution in [0.2, 0.25) is 10.0 Å². The number of H-pyrrole nitrogens is 1. The van der Waals surface area contributed by atoms with Crippen LogP contribution < -0.4 is 20.9 Å². The van der Waals surface area contributed by atoms with E-state index in [1.165, 1.54) is 0 Å². The molecule has 0 saturated heterocycles. The smallest absolute Gasteiger partial charge is 0.161 e. The van der Waals surface area contributed by atoms with Crippen LogP contribution in [0.25, 0.3) is 33.2 Å². The average Bonchev–Trinajstić information content (AvgIpc) is 3.03. The van der Waals surface area contributed by atoms with Crippen LogP contribution in [0.1, 0.15) is 5.56 Å². The number of methoxy groups -OCH3 is 2. The van der Waals surface area contributed by atoms with Gasteiger partial charge in [0.25, 0.3) is 0 Å². The second kappa shape index (κ2) is 7.09. The second-order valence-electron chi connectivity index (χ2n) is 6.45. The Morgan fingerprint density at radius 3 is 2.32 bits per heavy atom. The van der Waals surface area contributed by atoms with Crippen molar-refractivity contribution in [2.45, 2.75) is 6.54 Å². The maximum Gasteiger partial charge on any atom is 0.161 e. The largest absolute Gasteiger partial charge is 0.493 e. The second-order valence-corrected chi connectivity index (χ2v) is 7.29. The van der Waals surface area contributed by atoms with E-state index >= 15 is 0 Å². The van der Waals surface area contributed by atoms with Gasteiger partial charge in [0.15, 0.2) is 11.5 Å². The summed E-state index contributed by atoms with van der Waals surface area (Å²) < 4.78 is 10.9. The Balaban J connectivity index is 2.11. The summed E-state index contributed by atoms with van der Waals surface area (Å²) in [5, 5.41) is 3.06. The number of aromatic nitrogens is 1. The molecule has 144 valence electrons.